The van der Waals surface area contributed by atoms with Gasteiger partial charge in [-0.2, -0.15) is 0 Å². The molecule has 0 spiro atoms. The molecule has 0 radical (unpaired) electrons. The van der Waals surface area contributed by atoms with Gasteiger partial charge in [-0.3, -0.25) is 0 Å². The number of rotatable bonds is 1. The third-order valence-electron chi connectivity index (χ3n) is 2.13. The van der Waals surface area contributed by atoms with Gasteiger partial charge in [-0.15, -0.1) is 0 Å². The third kappa shape index (κ3) is 3.89. The molecule has 0 atom stereocenters. The number of benzene rings is 2. The lowest BCUT2D eigenvalue weighted by atomic mass is 10.0. The normalized spacial score (nSPS) is 8.94. The maximum Gasteiger partial charge on any atom is 0.432 e. The van der Waals surface area contributed by atoms with Gasteiger partial charge >= 0.3 is 7.69 Å². The van der Waals surface area contributed by atoms with E-state index in [1.807, 2.05) is 6.07 Å². The fraction of sp³-hybridized carbons (Fsp3) is 0.0769. The average Bonchev–Trinajstić information content (AvgIpc) is 2.31. The summed E-state index contributed by atoms with van der Waals surface area (Å²) in [6, 6.07) is 19.0. The second-order valence-electron chi connectivity index (χ2n) is 3.38. The zero-order chi connectivity index (χ0) is 11.8. The minimum absolute atomic E-state index is 0.750. The summed E-state index contributed by atoms with van der Waals surface area (Å²) in [6.45, 7) is 2.12. The van der Waals surface area contributed by atoms with Crippen molar-refractivity contribution in [1.82, 2.24) is 0 Å². The van der Waals surface area contributed by atoms with E-state index in [1.165, 1.54) is 16.7 Å². The first kappa shape index (κ1) is 12.5. The summed E-state index contributed by atoms with van der Waals surface area (Å²) in [7, 11) is -0.750. The van der Waals surface area contributed by atoms with Crippen LogP contribution in [0.2, 0.25) is 0 Å². The molecule has 2 rings (SSSR count). The molecule has 0 aliphatic rings. The van der Waals surface area contributed by atoms with Crippen LogP contribution >= 0.6 is 0 Å². The van der Waals surface area contributed by atoms with Gasteiger partial charge in [0.05, 0.1) is 0 Å². The summed E-state index contributed by atoms with van der Waals surface area (Å²) >= 11 is 0. The second kappa shape index (κ2) is 6.83. The maximum absolute atomic E-state index is 7.12. The molecule has 2 aromatic rings. The molecule has 0 aromatic heterocycles. The molecule has 0 heterocycles. The zero-order valence-electron chi connectivity index (χ0n) is 9.30. The number of aryl methyl sites for hydroxylation is 1. The SMILES string of the molecule is Cc1cccc(-c2ccccc2)c1.OBO. The Kier molecular flexibility index (Phi) is 5.33. The highest BCUT2D eigenvalue weighted by Crippen LogP contribution is 2.19. The van der Waals surface area contributed by atoms with Crippen molar-refractivity contribution in [2.24, 2.45) is 0 Å². The van der Waals surface area contributed by atoms with E-state index < -0.39 is 7.69 Å². The van der Waals surface area contributed by atoms with Crippen LogP contribution in [0.15, 0.2) is 54.6 Å². The molecule has 82 valence electrons. The van der Waals surface area contributed by atoms with Gasteiger partial charge in [0, 0.05) is 0 Å². The smallest absolute Gasteiger partial charge is 0.430 e. The van der Waals surface area contributed by atoms with Crippen LogP contribution < -0.4 is 0 Å². The molecule has 0 saturated heterocycles. The molecular formula is C13H15BO2. The minimum Gasteiger partial charge on any atom is -0.430 e. The summed E-state index contributed by atoms with van der Waals surface area (Å²) in [5, 5.41) is 14.2. The minimum atomic E-state index is -0.750. The topological polar surface area (TPSA) is 40.5 Å². The highest BCUT2D eigenvalue weighted by atomic mass is 16.4. The van der Waals surface area contributed by atoms with Crippen LogP contribution in [0.25, 0.3) is 11.1 Å². The molecule has 0 amide bonds. The van der Waals surface area contributed by atoms with Crippen LogP contribution in [-0.4, -0.2) is 17.7 Å². The van der Waals surface area contributed by atoms with Crippen LogP contribution in [0.3, 0.4) is 0 Å². The number of hydrogen-bond donors (Lipinski definition) is 2. The van der Waals surface area contributed by atoms with Crippen LogP contribution in [0.1, 0.15) is 5.56 Å². The van der Waals surface area contributed by atoms with Gasteiger partial charge in [0.2, 0.25) is 0 Å². The van der Waals surface area contributed by atoms with E-state index in [0.29, 0.717) is 0 Å². The van der Waals surface area contributed by atoms with Crippen molar-refractivity contribution in [3.05, 3.63) is 60.2 Å². The first-order valence-corrected chi connectivity index (χ1v) is 5.11. The fourth-order valence-electron chi connectivity index (χ4n) is 1.46. The molecule has 3 heteroatoms. The van der Waals surface area contributed by atoms with Gasteiger partial charge in [-0.1, -0.05) is 60.2 Å². The Bertz CT molecular complexity index is 415. The van der Waals surface area contributed by atoms with Gasteiger partial charge < -0.3 is 10.0 Å². The summed E-state index contributed by atoms with van der Waals surface area (Å²) < 4.78 is 0. The van der Waals surface area contributed by atoms with E-state index in [2.05, 4.69) is 55.5 Å². The standard InChI is InChI=1S/C13H12.BH3O2/c1-11-6-5-9-13(10-11)12-7-3-2-4-8-12;2-1-3/h2-10H,1H3;1-3H. The van der Waals surface area contributed by atoms with Gasteiger partial charge in [0.1, 0.15) is 0 Å². The first-order valence-electron chi connectivity index (χ1n) is 5.11. The van der Waals surface area contributed by atoms with E-state index in [-0.39, 0.29) is 0 Å². The van der Waals surface area contributed by atoms with E-state index in [0.717, 1.165) is 0 Å². The Morgan fingerprint density at radius 3 is 1.94 bits per heavy atom. The molecule has 0 bridgehead atoms. The molecular weight excluding hydrogens is 199 g/mol. The van der Waals surface area contributed by atoms with Crippen molar-refractivity contribution in [1.29, 1.82) is 0 Å². The molecule has 0 saturated carbocycles. The Balaban J connectivity index is 0.000000386. The largest absolute Gasteiger partial charge is 0.432 e. The summed E-state index contributed by atoms with van der Waals surface area (Å²) in [4.78, 5) is 0. The van der Waals surface area contributed by atoms with Crippen molar-refractivity contribution in [3.8, 4) is 11.1 Å². The lowest BCUT2D eigenvalue weighted by Gasteiger charge is -2.01. The van der Waals surface area contributed by atoms with Crippen LogP contribution in [-0.2, 0) is 0 Å². The molecule has 0 fully saturated rings. The Morgan fingerprint density at radius 2 is 1.38 bits per heavy atom. The van der Waals surface area contributed by atoms with Crippen molar-refractivity contribution >= 4 is 7.69 Å². The van der Waals surface area contributed by atoms with E-state index in [1.54, 1.807) is 0 Å². The number of hydrogen-bond acceptors (Lipinski definition) is 2. The van der Waals surface area contributed by atoms with Gasteiger partial charge in [-0.25, -0.2) is 0 Å². The van der Waals surface area contributed by atoms with E-state index in [4.69, 9.17) is 10.0 Å². The summed E-state index contributed by atoms with van der Waals surface area (Å²) in [6.07, 6.45) is 0. The maximum atomic E-state index is 7.12. The second-order valence-corrected chi connectivity index (χ2v) is 3.38. The molecule has 2 aromatic carbocycles. The Hall–Kier alpha value is -1.58. The first-order chi connectivity index (χ1) is 7.77. The lowest BCUT2D eigenvalue weighted by molar-refractivity contribution is 0.448. The van der Waals surface area contributed by atoms with Crippen LogP contribution in [0, 0.1) is 6.92 Å². The average molecular weight is 214 g/mol. The van der Waals surface area contributed by atoms with Crippen molar-refractivity contribution in [2.75, 3.05) is 0 Å². The molecule has 0 unspecified atom stereocenters. The predicted octanol–water partition coefficient (Wildman–Crippen LogP) is 1.90. The van der Waals surface area contributed by atoms with E-state index >= 15 is 0 Å². The van der Waals surface area contributed by atoms with Crippen molar-refractivity contribution < 1.29 is 10.0 Å². The summed E-state index contributed by atoms with van der Waals surface area (Å²) in [5.41, 5.74) is 3.88. The molecule has 0 aliphatic heterocycles. The highest BCUT2D eigenvalue weighted by Gasteiger charge is 1.94. The zero-order valence-corrected chi connectivity index (χ0v) is 9.30. The van der Waals surface area contributed by atoms with Gasteiger partial charge in [0.15, 0.2) is 0 Å². The Labute approximate surface area is 96.5 Å². The monoisotopic (exact) mass is 214 g/mol. The van der Waals surface area contributed by atoms with Crippen molar-refractivity contribution in [3.63, 3.8) is 0 Å². The lowest BCUT2D eigenvalue weighted by Crippen LogP contribution is -1.77. The highest BCUT2D eigenvalue weighted by molar-refractivity contribution is 6.13. The van der Waals surface area contributed by atoms with Gasteiger partial charge in [0.25, 0.3) is 0 Å². The summed E-state index contributed by atoms with van der Waals surface area (Å²) in [5.74, 6) is 0. The van der Waals surface area contributed by atoms with Gasteiger partial charge in [-0.05, 0) is 18.1 Å². The Morgan fingerprint density at radius 1 is 0.812 bits per heavy atom. The van der Waals surface area contributed by atoms with E-state index in [9.17, 15) is 0 Å². The molecule has 16 heavy (non-hydrogen) atoms. The van der Waals surface area contributed by atoms with Crippen molar-refractivity contribution in [2.45, 2.75) is 6.92 Å². The molecule has 0 aliphatic carbocycles. The third-order valence-corrected chi connectivity index (χ3v) is 2.13. The fourth-order valence-corrected chi connectivity index (χ4v) is 1.46. The quantitative estimate of drug-likeness (QED) is 0.711. The molecule has 2 N–H and O–H groups in total. The molecule has 2 nitrogen and oxygen atoms in total. The van der Waals surface area contributed by atoms with Crippen LogP contribution in [0.4, 0.5) is 0 Å². The van der Waals surface area contributed by atoms with Crippen LogP contribution in [0.5, 0.6) is 0 Å². The predicted molar refractivity (Wildman–Crippen MR) is 68.2 cm³/mol.